The quantitative estimate of drug-likeness (QED) is 0.629. The molecule has 1 unspecified atom stereocenters. The third-order valence-electron chi connectivity index (χ3n) is 4.65. The van der Waals surface area contributed by atoms with Crippen molar-refractivity contribution in [3.63, 3.8) is 0 Å². The average molecular weight is 412 g/mol. The molecule has 5 nitrogen and oxygen atoms in total. The summed E-state index contributed by atoms with van der Waals surface area (Å²) in [5.41, 5.74) is 4.07. The molecule has 1 saturated heterocycles. The molecule has 3 aromatic rings. The van der Waals surface area contributed by atoms with Crippen LogP contribution in [0.15, 0.2) is 51.5 Å². The van der Waals surface area contributed by atoms with Gasteiger partial charge in [-0.25, -0.2) is 0 Å². The van der Waals surface area contributed by atoms with Crippen molar-refractivity contribution >= 4 is 27.5 Å². The van der Waals surface area contributed by atoms with E-state index in [4.69, 9.17) is 4.52 Å². The Kier molecular flexibility index (Phi) is 4.36. The second-order valence-electron chi connectivity index (χ2n) is 6.66. The highest BCUT2D eigenvalue weighted by molar-refractivity contribution is 9.10. The predicted molar refractivity (Wildman–Crippen MR) is 103 cm³/mol. The zero-order chi connectivity index (χ0) is 18.3. The molecule has 2 heterocycles. The molecular weight excluding hydrogens is 394 g/mol. The molecule has 0 radical (unpaired) electrons. The lowest BCUT2D eigenvalue weighted by molar-refractivity contribution is -0.117. The third kappa shape index (κ3) is 3.17. The summed E-state index contributed by atoms with van der Waals surface area (Å²) < 4.78 is 6.43. The number of benzene rings is 2. The molecule has 132 valence electrons. The Morgan fingerprint density at radius 3 is 2.85 bits per heavy atom. The maximum absolute atomic E-state index is 12.6. The summed E-state index contributed by atoms with van der Waals surface area (Å²) in [7, 11) is 0. The Bertz CT molecular complexity index is 983. The number of rotatable bonds is 3. The van der Waals surface area contributed by atoms with Crippen molar-refractivity contribution in [3.05, 3.63) is 64.0 Å². The van der Waals surface area contributed by atoms with E-state index < -0.39 is 0 Å². The second kappa shape index (κ2) is 6.68. The van der Waals surface area contributed by atoms with Crippen molar-refractivity contribution in [1.29, 1.82) is 0 Å². The lowest BCUT2D eigenvalue weighted by Gasteiger charge is -2.19. The van der Waals surface area contributed by atoms with Crippen LogP contribution in [-0.4, -0.2) is 22.6 Å². The highest BCUT2D eigenvalue weighted by Crippen LogP contribution is 2.34. The highest BCUT2D eigenvalue weighted by atomic mass is 79.9. The van der Waals surface area contributed by atoms with E-state index >= 15 is 0 Å². The first-order valence-corrected chi connectivity index (χ1v) is 9.28. The molecule has 0 bridgehead atoms. The Hall–Kier alpha value is -2.47. The van der Waals surface area contributed by atoms with Gasteiger partial charge < -0.3 is 9.42 Å². The lowest BCUT2D eigenvalue weighted by atomic mass is 10.1. The molecular formula is C20H18BrN3O2. The number of amides is 1. The topological polar surface area (TPSA) is 59.2 Å². The number of halogens is 1. The van der Waals surface area contributed by atoms with Crippen LogP contribution in [-0.2, 0) is 4.79 Å². The Balaban J connectivity index is 1.59. The fourth-order valence-corrected chi connectivity index (χ4v) is 3.66. The van der Waals surface area contributed by atoms with Crippen molar-refractivity contribution in [3.8, 4) is 11.4 Å². The lowest BCUT2D eigenvalue weighted by Crippen LogP contribution is -2.25. The van der Waals surface area contributed by atoms with E-state index in [1.54, 1.807) is 0 Å². The van der Waals surface area contributed by atoms with Gasteiger partial charge in [0.05, 0.1) is 5.92 Å². The van der Waals surface area contributed by atoms with E-state index in [9.17, 15) is 4.79 Å². The first-order chi connectivity index (χ1) is 12.5. The molecule has 6 heteroatoms. The molecule has 0 N–H and O–H groups in total. The largest absolute Gasteiger partial charge is 0.339 e. The van der Waals surface area contributed by atoms with Crippen LogP contribution in [0.25, 0.3) is 11.4 Å². The number of hydrogen-bond donors (Lipinski definition) is 0. The van der Waals surface area contributed by atoms with Gasteiger partial charge in [-0.3, -0.25) is 4.79 Å². The van der Waals surface area contributed by atoms with Crippen LogP contribution in [0.5, 0.6) is 0 Å². The van der Waals surface area contributed by atoms with Crippen LogP contribution >= 0.6 is 15.9 Å². The number of anilines is 1. The van der Waals surface area contributed by atoms with Crippen molar-refractivity contribution in [1.82, 2.24) is 10.1 Å². The monoisotopic (exact) mass is 411 g/mol. The van der Waals surface area contributed by atoms with Gasteiger partial charge in [-0.2, -0.15) is 4.98 Å². The van der Waals surface area contributed by atoms with Gasteiger partial charge in [0.25, 0.3) is 0 Å². The number of carbonyl (C=O) groups is 1. The molecule has 0 spiro atoms. The van der Waals surface area contributed by atoms with Gasteiger partial charge in [0.15, 0.2) is 0 Å². The van der Waals surface area contributed by atoms with E-state index in [0.29, 0.717) is 24.7 Å². The van der Waals surface area contributed by atoms with Crippen LogP contribution in [0.1, 0.15) is 29.4 Å². The standard InChI is InChI=1S/C20H18BrN3O2/c1-12-6-7-13(2)17(8-12)24-11-15(10-18(24)25)20-22-19(23-26-20)14-4-3-5-16(21)9-14/h3-9,15H,10-11H2,1-2H3. The summed E-state index contributed by atoms with van der Waals surface area (Å²) >= 11 is 3.45. The van der Waals surface area contributed by atoms with E-state index in [1.165, 1.54) is 0 Å². The van der Waals surface area contributed by atoms with Crippen molar-refractivity contribution in [2.24, 2.45) is 0 Å². The smallest absolute Gasteiger partial charge is 0.232 e. The summed E-state index contributed by atoms with van der Waals surface area (Å²) in [6.45, 7) is 4.61. The van der Waals surface area contributed by atoms with Gasteiger partial charge in [-0.1, -0.05) is 45.4 Å². The predicted octanol–water partition coefficient (Wildman–Crippen LogP) is 4.64. The normalized spacial score (nSPS) is 17.1. The van der Waals surface area contributed by atoms with E-state index in [-0.39, 0.29) is 11.8 Å². The molecule has 26 heavy (non-hydrogen) atoms. The fraction of sp³-hybridized carbons (Fsp3) is 0.250. The van der Waals surface area contributed by atoms with E-state index in [0.717, 1.165) is 26.9 Å². The minimum Gasteiger partial charge on any atom is -0.339 e. The Labute approximate surface area is 160 Å². The number of nitrogens with zero attached hydrogens (tertiary/aromatic N) is 3. The average Bonchev–Trinajstić information content (AvgIpc) is 3.24. The number of aryl methyl sites for hydroxylation is 2. The van der Waals surface area contributed by atoms with Crippen LogP contribution in [0.4, 0.5) is 5.69 Å². The van der Waals surface area contributed by atoms with Gasteiger partial charge >= 0.3 is 0 Å². The van der Waals surface area contributed by atoms with E-state index in [2.05, 4.69) is 38.2 Å². The Morgan fingerprint density at radius 1 is 1.19 bits per heavy atom. The first-order valence-electron chi connectivity index (χ1n) is 8.48. The number of carbonyl (C=O) groups excluding carboxylic acids is 1. The molecule has 1 amide bonds. The molecule has 4 rings (SSSR count). The van der Waals surface area contributed by atoms with Gasteiger partial charge in [-0.05, 0) is 43.2 Å². The third-order valence-corrected chi connectivity index (χ3v) is 5.15. The van der Waals surface area contributed by atoms with Crippen LogP contribution in [0.2, 0.25) is 0 Å². The molecule has 2 aromatic carbocycles. The molecule has 1 aliphatic rings. The summed E-state index contributed by atoms with van der Waals surface area (Å²) in [6, 6.07) is 13.9. The van der Waals surface area contributed by atoms with Crippen molar-refractivity contribution in [2.75, 3.05) is 11.4 Å². The summed E-state index contributed by atoms with van der Waals surface area (Å²) in [5, 5.41) is 4.09. The molecule has 0 aliphatic carbocycles. The number of aromatic nitrogens is 2. The maximum Gasteiger partial charge on any atom is 0.232 e. The van der Waals surface area contributed by atoms with Crippen LogP contribution in [0.3, 0.4) is 0 Å². The minimum absolute atomic E-state index is 0.0872. The summed E-state index contributed by atoms with van der Waals surface area (Å²) in [5.74, 6) is 1.06. The van der Waals surface area contributed by atoms with Crippen LogP contribution < -0.4 is 4.90 Å². The van der Waals surface area contributed by atoms with Crippen molar-refractivity contribution < 1.29 is 9.32 Å². The SMILES string of the molecule is Cc1ccc(C)c(N2CC(c3nc(-c4cccc(Br)c4)no3)CC2=O)c1. The van der Waals surface area contributed by atoms with Gasteiger partial charge in [0.1, 0.15) is 0 Å². The first kappa shape index (κ1) is 17.0. The van der Waals surface area contributed by atoms with Gasteiger partial charge in [-0.15, -0.1) is 0 Å². The minimum atomic E-state index is -0.0872. The molecule has 1 fully saturated rings. The molecule has 1 aliphatic heterocycles. The van der Waals surface area contributed by atoms with Gasteiger partial charge in [0.2, 0.25) is 17.6 Å². The summed E-state index contributed by atoms with van der Waals surface area (Å²) in [4.78, 5) is 18.9. The maximum atomic E-state index is 12.6. The summed E-state index contributed by atoms with van der Waals surface area (Å²) in [6.07, 6.45) is 0.382. The Morgan fingerprint density at radius 2 is 2.04 bits per heavy atom. The molecule has 1 aromatic heterocycles. The molecule has 1 atom stereocenters. The molecule has 0 saturated carbocycles. The zero-order valence-corrected chi connectivity index (χ0v) is 16.2. The zero-order valence-electron chi connectivity index (χ0n) is 14.6. The number of hydrogen-bond acceptors (Lipinski definition) is 4. The van der Waals surface area contributed by atoms with E-state index in [1.807, 2.05) is 49.1 Å². The fourth-order valence-electron chi connectivity index (χ4n) is 3.26. The van der Waals surface area contributed by atoms with Gasteiger partial charge in [0, 0.05) is 28.7 Å². The second-order valence-corrected chi connectivity index (χ2v) is 7.58. The van der Waals surface area contributed by atoms with Crippen molar-refractivity contribution in [2.45, 2.75) is 26.2 Å². The van der Waals surface area contributed by atoms with Crippen LogP contribution in [0, 0.1) is 13.8 Å². The highest BCUT2D eigenvalue weighted by Gasteiger charge is 2.35.